The summed E-state index contributed by atoms with van der Waals surface area (Å²) in [5.74, 6) is -0.382. The molecule has 0 fully saturated rings. The lowest BCUT2D eigenvalue weighted by Gasteiger charge is -2.16. The third-order valence-electron chi connectivity index (χ3n) is 4.75. The van der Waals surface area contributed by atoms with Crippen LogP contribution in [0, 0.1) is 11.3 Å². The molecule has 0 saturated carbocycles. The van der Waals surface area contributed by atoms with Gasteiger partial charge in [0.05, 0.1) is 6.61 Å². The summed E-state index contributed by atoms with van der Waals surface area (Å²) in [6.07, 6.45) is 3.26. The average Bonchev–Trinajstić information content (AvgIpc) is 2.86. The van der Waals surface area contributed by atoms with Gasteiger partial charge in [-0.1, -0.05) is 42.5 Å². The van der Waals surface area contributed by atoms with E-state index in [4.69, 9.17) is 8.92 Å². The monoisotopic (exact) mass is 488 g/mol. The number of nitrogens with zero attached hydrogens (tertiary/aromatic N) is 1. The van der Waals surface area contributed by atoms with Gasteiger partial charge in [-0.25, -0.2) is 0 Å². The molecule has 35 heavy (non-hydrogen) atoms. The van der Waals surface area contributed by atoms with E-state index in [1.165, 1.54) is 24.3 Å². The molecule has 0 aromatic heterocycles. The average molecular weight is 489 g/mol. The summed E-state index contributed by atoms with van der Waals surface area (Å²) in [7, 11) is -4.13. The van der Waals surface area contributed by atoms with Gasteiger partial charge in [0, 0.05) is 11.3 Å². The fraction of sp³-hybridized carbons (Fsp3) is 0.111. The molecule has 178 valence electrons. The topological polar surface area (TPSA) is 105 Å². The van der Waals surface area contributed by atoms with Crippen LogP contribution in [-0.2, 0) is 21.3 Å². The molecule has 0 bridgehead atoms. The maximum Gasteiger partial charge on any atom is 0.339 e. The van der Waals surface area contributed by atoms with Crippen LogP contribution < -0.4 is 14.2 Å². The van der Waals surface area contributed by atoms with Gasteiger partial charge in [0.2, 0.25) is 0 Å². The molecule has 0 aliphatic carbocycles. The van der Waals surface area contributed by atoms with E-state index in [0.717, 1.165) is 0 Å². The zero-order valence-electron chi connectivity index (χ0n) is 19.1. The Balaban J connectivity index is 2.03. The van der Waals surface area contributed by atoms with Crippen molar-refractivity contribution in [3.8, 4) is 17.6 Å². The summed E-state index contributed by atoms with van der Waals surface area (Å²) in [4.78, 5) is 12.6. The molecule has 0 aliphatic rings. The van der Waals surface area contributed by atoms with E-state index in [1.54, 1.807) is 61.5 Å². The van der Waals surface area contributed by atoms with Gasteiger partial charge in [0.1, 0.15) is 16.5 Å². The number of anilines is 1. The molecule has 0 atom stereocenters. The highest BCUT2D eigenvalue weighted by molar-refractivity contribution is 7.87. The normalized spacial score (nSPS) is 11.3. The van der Waals surface area contributed by atoms with Gasteiger partial charge in [-0.15, -0.1) is 6.58 Å². The van der Waals surface area contributed by atoms with Gasteiger partial charge in [0.15, 0.2) is 11.5 Å². The van der Waals surface area contributed by atoms with Crippen molar-refractivity contribution in [1.82, 2.24) is 0 Å². The van der Waals surface area contributed by atoms with Gasteiger partial charge >= 0.3 is 10.1 Å². The number of ether oxygens (including phenoxy) is 1. The Morgan fingerprint density at radius 3 is 2.34 bits per heavy atom. The van der Waals surface area contributed by atoms with Crippen molar-refractivity contribution in [2.75, 3.05) is 11.9 Å². The number of allylic oxidation sites excluding steroid dienone is 1. The minimum Gasteiger partial charge on any atom is -0.490 e. The van der Waals surface area contributed by atoms with Crippen molar-refractivity contribution in [2.24, 2.45) is 0 Å². The molecule has 8 heteroatoms. The Morgan fingerprint density at radius 1 is 1.09 bits per heavy atom. The summed E-state index contributed by atoms with van der Waals surface area (Å²) in [6.45, 7) is 5.72. The maximum atomic E-state index is 12.9. The zero-order valence-corrected chi connectivity index (χ0v) is 19.9. The van der Waals surface area contributed by atoms with E-state index in [1.807, 2.05) is 12.1 Å². The number of hydrogen-bond acceptors (Lipinski definition) is 6. The first kappa shape index (κ1) is 25.3. The third-order valence-corrected chi connectivity index (χ3v) is 5.99. The van der Waals surface area contributed by atoms with Crippen molar-refractivity contribution in [1.29, 1.82) is 5.26 Å². The van der Waals surface area contributed by atoms with Gasteiger partial charge < -0.3 is 14.2 Å². The molecule has 1 N–H and O–H groups in total. The van der Waals surface area contributed by atoms with Gasteiger partial charge in [0.25, 0.3) is 5.91 Å². The number of nitriles is 1. The van der Waals surface area contributed by atoms with E-state index in [0.29, 0.717) is 16.8 Å². The van der Waals surface area contributed by atoms with E-state index in [9.17, 15) is 18.5 Å². The molecule has 0 saturated heterocycles. The molecule has 1 amide bonds. The molecule has 0 unspecified atom stereocenters. The number of para-hydroxylation sites is 1. The quantitative estimate of drug-likeness (QED) is 0.184. The highest BCUT2D eigenvalue weighted by atomic mass is 32.2. The molecule has 3 rings (SSSR count). The van der Waals surface area contributed by atoms with Crippen LogP contribution in [0.5, 0.6) is 11.5 Å². The van der Waals surface area contributed by atoms with E-state index in [2.05, 4.69) is 11.9 Å². The van der Waals surface area contributed by atoms with Crippen LogP contribution in [0.1, 0.15) is 18.1 Å². The van der Waals surface area contributed by atoms with Crippen molar-refractivity contribution in [3.05, 3.63) is 102 Å². The molecule has 0 aliphatic heterocycles. The Kier molecular flexibility index (Phi) is 8.43. The number of rotatable bonds is 10. The van der Waals surface area contributed by atoms with E-state index in [-0.39, 0.29) is 35.0 Å². The van der Waals surface area contributed by atoms with Crippen molar-refractivity contribution < 1.29 is 22.1 Å². The van der Waals surface area contributed by atoms with Crippen molar-refractivity contribution >= 4 is 27.8 Å². The fourth-order valence-electron chi connectivity index (χ4n) is 3.21. The van der Waals surface area contributed by atoms with Gasteiger partial charge in [-0.05, 0) is 61.4 Å². The second kappa shape index (κ2) is 11.7. The minimum atomic E-state index is -4.13. The van der Waals surface area contributed by atoms with E-state index < -0.39 is 16.0 Å². The Morgan fingerprint density at radius 2 is 1.74 bits per heavy atom. The molecular weight excluding hydrogens is 464 g/mol. The van der Waals surface area contributed by atoms with Crippen LogP contribution in [-0.4, -0.2) is 20.9 Å². The largest absolute Gasteiger partial charge is 0.490 e. The number of benzene rings is 3. The Labute approximate surface area is 205 Å². The van der Waals surface area contributed by atoms with Crippen LogP contribution in [0.25, 0.3) is 6.08 Å². The van der Waals surface area contributed by atoms with Gasteiger partial charge in [-0.3, -0.25) is 4.79 Å². The van der Waals surface area contributed by atoms with Crippen molar-refractivity contribution in [2.45, 2.75) is 18.2 Å². The number of nitrogens with one attached hydrogen (secondary N) is 1. The summed E-state index contributed by atoms with van der Waals surface area (Å²) in [5, 5.41) is 12.3. The predicted octanol–water partition coefficient (Wildman–Crippen LogP) is 5.13. The zero-order chi connectivity index (χ0) is 25.3. The van der Waals surface area contributed by atoms with E-state index >= 15 is 0 Å². The fourth-order valence-corrected chi connectivity index (χ4v) is 4.21. The molecule has 0 heterocycles. The molecule has 0 radical (unpaired) electrons. The van der Waals surface area contributed by atoms with Crippen LogP contribution in [0.3, 0.4) is 0 Å². The number of carbonyl (C=O) groups excluding carboxylic acids is 1. The summed E-state index contributed by atoms with van der Waals surface area (Å²) in [5.41, 5.74) is 1.36. The molecule has 3 aromatic rings. The van der Waals surface area contributed by atoms with Crippen molar-refractivity contribution in [3.63, 3.8) is 0 Å². The number of amides is 1. The second-order valence-electron chi connectivity index (χ2n) is 7.27. The number of hydrogen-bond donors (Lipinski definition) is 1. The Hall–Kier alpha value is -4.35. The highest BCUT2D eigenvalue weighted by Crippen LogP contribution is 2.36. The van der Waals surface area contributed by atoms with Crippen LogP contribution >= 0.6 is 0 Å². The van der Waals surface area contributed by atoms with Crippen LogP contribution in [0.2, 0.25) is 0 Å². The van der Waals surface area contributed by atoms with Crippen LogP contribution in [0.15, 0.2) is 95.9 Å². The highest BCUT2D eigenvalue weighted by Gasteiger charge is 2.22. The summed E-state index contributed by atoms with van der Waals surface area (Å²) >= 11 is 0. The molecular formula is C27H24N2O5S. The molecule has 7 nitrogen and oxygen atoms in total. The lowest BCUT2D eigenvalue weighted by Crippen LogP contribution is -2.13. The summed E-state index contributed by atoms with van der Waals surface area (Å²) in [6, 6.07) is 21.6. The third kappa shape index (κ3) is 6.59. The number of carbonyl (C=O) groups is 1. The first-order valence-electron chi connectivity index (χ1n) is 10.8. The smallest absolute Gasteiger partial charge is 0.339 e. The SMILES string of the molecule is C=CCc1cc(/C=C(\C#N)C(=O)Nc2ccccc2)cc(OCC)c1OS(=O)(=O)c1ccccc1. The van der Waals surface area contributed by atoms with Gasteiger partial charge in [-0.2, -0.15) is 13.7 Å². The molecule has 3 aromatic carbocycles. The second-order valence-corrected chi connectivity index (χ2v) is 8.82. The lowest BCUT2D eigenvalue weighted by atomic mass is 10.0. The molecule has 0 spiro atoms. The minimum absolute atomic E-state index is 0.000300. The van der Waals surface area contributed by atoms with Crippen LogP contribution in [0.4, 0.5) is 5.69 Å². The maximum absolute atomic E-state index is 12.9. The first-order chi connectivity index (χ1) is 16.9. The summed E-state index contributed by atoms with van der Waals surface area (Å²) < 4.78 is 36.9. The predicted molar refractivity (Wildman–Crippen MR) is 134 cm³/mol. The Bertz CT molecular complexity index is 1380. The standard InChI is InChI=1S/C27H24N2O5S/c1-3-11-21-16-20(17-22(19-28)27(30)29-23-12-7-5-8-13-23)18-25(33-4-2)26(21)34-35(31,32)24-14-9-6-10-15-24/h3,5-10,12-18H,1,4,11H2,2H3,(H,29,30)/b22-17+. The lowest BCUT2D eigenvalue weighted by molar-refractivity contribution is -0.112. The first-order valence-corrected chi connectivity index (χ1v) is 12.2.